The molecule has 10 heteroatoms. The second-order valence-corrected chi connectivity index (χ2v) is 11.4. The number of alkyl carbamates (subject to hydrolysis) is 1. The van der Waals surface area contributed by atoms with Crippen LogP contribution in [0.1, 0.15) is 50.3 Å². The fourth-order valence-corrected chi connectivity index (χ4v) is 4.95. The number of hydrogen-bond acceptors (Lipinski definition) is 7. The summed E-state index contributed by atoms with van der Waals surface area (Å²) in [7, 11) is 0. The van der Waals surface area contributed by atoms with E-state index in [0.29, 0.717) is 5.75 Å². The number of rotatable bonds is 11. The Morgan fingerprint density at radius 2 is 1.44 bits per heavy atom. The Labute approximate surface area is 250 Å². The summed E-state index contributed by atoms with van der Waals surface area (Å²) in [6.07, 6.45) is -0.675. The smallest absolute Gasteiger partial charge is 0.407 e. The molecule has 4 rings (SSSR count). The van der Waals surface area contributed by atoms with Crippen molar-refractivity contribution < 1.29 is 33.8 Å². The first-order chi connectivity index (χ1) is 20.4. The minimum atomic E-state index is -1.15. The van der Waals surface area contributed by atoms with Gasteiger partial charge in [-0.05, 0) is 74.1 Å². The highest BCUT2D eigenvalue weighted by molar-refractivity contribution is 6.01. The number of carboxylic acids is 1. The summed E-state index contributed by atoms with van der Waals surface area (Å²) < 4.78 is 11.3. The first kappa shape index (κ1) is 31.2. The van der Waals surface area contributed by atoms with Crippen molar-refractivity contribution >= 4 is 23.9 Å². The van der Waals surface area contributed by atoms with Gasteiger partial charge in [-0.25, -0.2) is 4.79 Å². The Balaban J connectivity index is 1.32. The summed E-state index contributed by atoms with van der Waals surface area (Å²) in [5.41, 5.74) is 4.67. The summed E-state index contributed by atoms with van der Waals surface area (Å²) in [6.45, 7) is 6.81. The lowest BCUT2D eigenvalue weighted by atomic mass is 9.98. The highest BCUT2D eigenvalue weighted by Gasteiger charge is 2.30. The topological polar surface area (TPSA) is 143 Å². The van der Waals surface area contributed by atoms with Gasteiger partial charge in [0, 0.05) is 5.92 Å². The molecule has 3 amide bonds. The average molecular weight is 588 g/mol. The van der Waals surface area contributed by atoms with Gasteiger partial charge < -0.3 is 19.9 Å². The van der Waals surface area contributed by atoms with E-state index in [0.717, 1.165) is 27.8 Å². The van der Waals surface area contributed by atoms with Gasteiger partial charge >= 0.3 is 12.1 Å². The van der Waals surface area contributed by atoms with E-state index in [2.05, 4.69) is 16.0 Å². The fraction of sp³-hybridized carbons (Fsp3) is 0.333. The molecule has 0 saturated carbocycles. The van der Waals surface area contributed by atoms with Gasteiger partial charge in [-0.3, -0.25) is 25.0 Å². The van der Waals surface area contributed by atoms with Gasteiger partial charge in [0.15, 0.2) is 0 Å². The van der Waals surface area contributed by atoms with Crippen molar-refractivity contribution in [3.8, 4) is 16.9 Å². The van der Waals surface area contributed by atoms with Crippen LogP contribution < -0.4 is 20.7 Å². The minimum Gasteiger partial charge on any atom is -0.488 e. The van der Waals surface area contributed by atoms with Crippen LogP contribution in [-0.4, -0.2) is 59.8 Å². The third-order valence-corrected chi connectivity index (χ3v) is 6.92. The fourth-order valence-electron chi connectivity index (χ4n) is 4.95. The standard InChI is InChI=1S/C33H37N3O7/c1-20(35-32(41)42-19-27-25-11-7-5-9-23(25)24-10-6-8-12-26(24)27)30(39)36-31(40)28(34-18-29(37)38)17-21-13-15-22(16-14-21)43-33(2,3)4/h5-16,20,27-28,34H,17-19H2,1-4H3,(H,35,41)(H,37,38)(H,36,39,40)/t20-,28?/m0/s1. The first-order valence-corrected chi connectivity index (χ1v) is 14.1. The van der Waals surface area contributed by atoms with E-state index < -0.39 is 42.5 Å². The van der Waals surface area contributed by atoms with Gasteiger partial charge in [0.2, 0.25) is 11.8 Å². The zero-order valence-electron chi connectivity index (χ0n) is 24.7. The maximum atomic E-state index is 13.0. The molecular formula is C33H37N3O7. The molecule has 3 aromatic carbocycles. The molecule has 1 unspecified atom stereocenters. The Morgan fingerprint density at radius 1 is 0.860 bits per heavy atom. The van der Waals surface area contributed by atoms with Crippen LogP contribution in [0.3, 0.4) is 0 Å². The Hall–Kier alpha value is -4.70. The molecule has 0 heterocycles. The SMILES string of the molecule is C[C@H](NC(=O)OCC1c2ccccc2-c2ccccc21)C(=O)NC(=O)C(Cc1ccc(OC(C)(C)C)cc1)NCC(=O)O. The van der Waals surface area contributed by atoms with Crippen LogP contribution in [0.2, 0.25) is 0 Å². The van der Waals surface area contributed by atoms with E-state index >= 15 is 0 Å². The molecule has 0 fully saturated rings. The van der Waals surface area contributed by atoms with Crippen LogP contribution in [-0.2, 0) is 25.5 Å². The molecular weight excluding hydrogens is 550 g/mol. The van der Waals surface area contributed by atoms with Crippen LogP contribution in [0.4, 0.5) is 4.79 Å². The zero-order valence-corrected chi connectivity index (χ0v) is 24.7. The number of imide groups is 1. The molecule has 226 valence electrons. The second kappa shape index (κ2) is 13.5. The molecule has 0 saturated heterocycles. The minimum absolute atomic E-state index is 0.0773. The number of nitrogens with one attached hydrogen (secondary N) is 3. The lowest BCUT2D eigenvalue weighted by Gasteiger charge is -2.22. The van der Waals surface area contributed by atoms with E-state index in [1.54, 1.807) is 24.3 Å². The van der Waals surface area contributed by atoms with E-state index in [4.69, 9.17) is 14.6 Å². The maximum Gasteiger partial charge on any atom is 0.407 e. The molecule has 43 heavy (non-hydrogen) atoms. The number of fused-ring (bicyclic) bond motifs is 3. The summed E-state index contributed by atoms with van der Waals surface area (Å²) >= 11 is 0. The third-order valence-electron chi connectivity index (χ3n) is 6.92. The lowest BCUT2D eigenvalue weighted by Crippen LogP contribution is -2.53. The van der Waals surface area contributed by atoms with E-state index in [1.165, 1.54) is 6.92 Å². The number of aliphatic carboxylic acids is 1. The highest BCUT2D eigenvalue weighted by Crippen LogP contribution is 2.44. The Bertz CT molecular complexity index is 1430. The quantitative estimate of drug-likeness (QED) is 0.264. The molecule has 1 aliphatic rings. The molecule has 0 aromatic heterocycles. The van der Waals surface area contributed by atoms with Gasteiger partial charge in [-0.1, -0.05) is 60.7 Å². The van der Waals surface area contributed by atoms with Gasteiger partial charge in [0.25, 0.3) is 0 Å². The van der Waals surface area contributed by atoms with Crippen LogP contribution in [0.15, 0.2) is 72.8 Å². The molecule has 3 aromatic rings. The van der Waals surface area contributed by atoms with Gasteiger partial charge in [0.05, 0.1) is 12.6 Å². The molecule has 10 nitrogen and oxygen atoms in total. The monoisotopic (exact) mass is 587 g/mol. The second-order valence-electron chi connectivity index (χ2n) is 11.4. The molecule has 2 atom stereocenters. The number of benzene rings is 3. The Morgan fingerprint density at radius 3 is 2.00 bits per heavy atom. The largest absolute Gasteiger partial charge is 0.488 e. The predicted octanol–water partition coefficient (Wildman–Crippen LogP) is 4.02. The number of carbonyl (C=O) groups excluding carboxylic acids is 3. The highest BCUT2D eigenvalue weighted by atomic mass is 16.5. The van der Waals surface area contributed by atoms with E-state index in [1.807, 2.05) is 69.3 Å². The first-order valence-electron chi connectivity index (χ1n) is 14.1. The molecule has 0 bridgehead atoms. The lowest BCUT2D eigenvalue weighted by molar-refractivity contribution is -0.136. The van der Waals surface area contributed by atoms with Crippen molar-refractivity contribution in [3.63, 3.8) is 0 Å². The molecule has 4 N–H and O–H groups in total. The van der Waals surface area contributed by atoms with Gasteiger partial charge in [-0.2, -0.15) is 0 Å². The third kappa shape index (κ3) is 8.42. The van der Waals surface area contributed by atoms with Crippen molar-refractivity contribution in [1.29, 1.82) is 0 Å². The van der Waals surface area contributed by atoms with Crippen molar-refractivity contribution in [3.05, 3.63) is 89.5 Å². The van der Waals surface area contributed by atoms with Crippen LogP contribution in [0.5, 0.6) is 5.75 Å². The van der Waals surface area contributed by atoms with Crippen LogP contribution in [0, 0.1) is 0 Å². The summed E-state index contributed by atoms with van der Waals surface area (Å²) in [4.78, 5) is 49.5. The van der Waals surface area contributed by atoms with E-state index in [9.17, 15) is 19.2 Å². The summed E-state index contributed by atoms with van der Waals surface area (Å²) in [5, 5.41) is 16.5. The molecule has 0 radical (unpaired) electrons. The average Bonchev–Trinajstić information content (AvgIpc) is 3.27. The van der Waals surface area contributed by atoms with Crippen LogP contribution >= 0.6 is 0 Å². The molecule has 1 aliphatic carbocycles. The van der Waals surface area contributed by atoms with Crippen molar-refractivity contribution in [2.75, 3.05) is 13.2 Å². The number of ether oxygens (including phenoxy) is 2. The van der Waals surface area contributed by atoms with Crippen molar-refractivity contribution in [1.82, 2.24) is 16.0 Å². The van der Waals surface area contributed by atoms with Gasteiger partial charge in [-0.15, -0.1) is 0 Å². The van der Waals surface area contributed by atoms with Crippen molar-refractivity contribution in [2.24, 2.45) is 0 Å². The molecule has 0 spiro atoms. The van der Waals surface area contributed by atoms with Crippen LogP contribution in [0.25, 0.3) is 11.1 Å². The molecule has 0 aliphatic heterocycles. The number of carbonyl (C=O) groups is 4. The summed E-state index contributed by atoms with van der Waals surface area (Å²) in [5.74, 6) is -2.11. The summed E-state index contributed by atoms with van der Waals surface area (Å²) in [6, 6.07) is 20.9. The number of amides is 3. The number of carboxylic acid groups (broad SMARTS) is 1. The Kier molecular flexibility index (Phi) is 9.82. The maximum absolute atomic E-state index is 13.0. The van der Waals surface area contributed by atoms with E-state index in [-0.39, 0.29) is 24.5 Å². The number of hydrogen-bond donors (Lipinski definition) is 4. The predicted molar refractivity (Wildman–Crippen MR) is 161 cm³/mol. The van der Waals surface area contributed by atoms with Gasteiger partial charge in [0.1, 0.15) is 24.0 Å². The zero-order chi connectivity index (χ0) is 31.1. The van der Waals surface area contributed by atoms with Crippen molar-refractivity contribution in [2.45, 2.75) is 57.7 Å². The normalized spacial score (nSPS) is 13.7.